The minimum absolute atomic E-state index is 0.151. The van der Waals surface area contributed by atoms with Crippen LogP contribution in [-0.2, 0) is 0 Å². The lowest BCUT2D eigenvalue weighted by Crippen LogP contribution is -1.83. The van der Waals surface area contributed by atoms with E-state index in [0.29, 0.717) is 11.4 Å². The molecule has 0 saturated heterocycles. The fraction of sp³-hybridized carbons (Fsp3) is 0.0625. The zero-order valence-electron chi connectivity index (χ0n) is 11.9. The van der Waals surface area contributed by atoms with Crippen LogP contribution in [-0.4, -0.2) is 10.2 Å². The summed E-state index contributed by atoms with van der Waals surface area (Å²) in [6.45, 7) is 2.00. The van der Waals surface area contributed by atoms with Gasteiger partial charge >= 0.3 is 0 Å². The number of hydrogen-bond acceptors (Lipinski definition) is 4. The van der Waals surface area contributed by atoms with Gasteiger partial charge in [-0.25, -0.2) is 4.39 Å². The van der Waals surface area contributed by atoms with Crippen molar-refractivity contribution >= 4 is 17.2 Å². The summed E-state index contributed by atoms with van der Waals surface area (Å²) in [5, 5.41) is 14.8. The number of nitrogen functional groups attached to an aromatic ring is 1. The summed E-state index contributed by atoms with van der Waals surface area (Å²) in [6, 6.07) is 14.0. The predicted molar refractivity (Wildman–Crippen MR) is 83.7 cm³/mol. The number of azo groups is 1. The van der Waals surface area contributed by atoms with Crippen LogP contribution in [0.5, 0.6) is 0 Å². The highest BCUT2D eigenvalue weighted by atomic mass is 19.1. The van der Waals surface area contributed by atoms with Crippen molar-refractivity contribution in [2.24, 2.45) is 10.2 Å². The number of aromatic nitrogens is 2. The van der Waals surface area contributed by atoms with Gasteiger partial charge < -0.3 is 5.73 Å². The highest BCUT2D eigenvalue weighted by Crippen LogP contribution is 2.34. The number of aromatic amines is 1. The number of hydrogen-bond donors (Lipinski definition) is 2. The summed E-state index contributed by atoms with van der Waals surface area (Å²) in [4.78, 5) is 0. The van der Waals surface area contributed by atoms with Gasteiger partial charge in [-0.05, 0) is 19.1 Å². The highest BCUT2D eigenvalue weighted by molar-refractivity contribution is 5.79. The van der Waals surface area contributed by atoms with Gasteiger partial charge in [0, 0.05) is 5.56 Å². The zero-order chi connectivity index (χ0) is 15.5. The maximum absolute atomic E-state index is 13.6. The largest absolute Gasteiger partial charge is 0.380 e. The Morgan fingerprint density at radius 2 is 1.77 bits per heavy atom. The molecule has 1 aromatic heterocycles. The molecule has 0 fully saturated rings. The van der Waals surface area contributed by atoms with E-state index in [2.05, 4.69) is 20.4 Å². The van der Waals surface area contributed by atoms with E-state index in [1.165, 1.54) is 6.07 Å². The molecule has 0 bridgehead atoms. The molecule has 110 valence electrons. The molecule has 0 unspecified atom stereocenters. The van der Waals surface area contributed by atoms with Crippen LogP contribution in [0.2, 0.25) is 0 Å². The van der Waals surface area contributed by atoms with Crippen molar-refractivity contribution in [2.75, 3.05) is 5.73 Å². The van der Waals surface area contributed by atoms with E-state index in [4.69, 9.17) is 5.73 Å². The first-order chi connectivity index (χ1) is 10.6. The van der Waals surface area contributed by atoms with Gasteiger partial charge in [0.25, 0.3) is 0 Å². The van der Waals surface area contributed by atoms with E-state index in [1.807, 2.05) is 31.2 Å². The number of rotatable bonds is 3. The van der Waals surface area contributed by atoms with Crippen LogP contribution < -0.4 is 5.73 Å². The highest BCUT2D eigenvalue weighted by Gasteiger charge is 2.12. The molecule has 2 aromatic carbocycles. The van der Waals surface area contributed by atoms with Gasteiger partial charge in [-0.1, -0.05) is 42.0 Å². The topological polar surface area (TPSA) is 79.4 Å². The molecule has 5 nitrogen and oxygen atoms in total. The van der Waals surface area contributed by atoms with Gasteiger partial charge in [-0.3, -0.25) is 5.10 Å². The van der Waals surface area contributed by atoms with Crippen LogP contribution >= 0.6 is 0 Å². The van der Waals surface area contributed by atoms with Crippen molar-refractivity contribution < 1.29 is 4.39 Å². The summed E-state index contributed by atoms with van der Waals surface area (Å²) in [7, 11) is 0. The van der Waals surface area contributed by atoms with Crippen molar-refractivity contribution in [3.05, 3.63) is 59.9 Å². The number of nitrogens with one attached hydrogen (secondary N) is 1. The van der Waals surface area contributed by atoms with Gasteiger partial charge in [0.15, 0.2) is 17.3 Å². The van der Waals surface area contributed by atoms with Gasteiger partial charge in [-0.15, -0.1) is 10.2 Å². The zero-order valence-corrected chi connectivity index (χ0v) is 11.9. The van der Waals surface area contributed by atoms with E-state index in [0.717, 1.165) is 11.1 Å². The van der Waals surface area contributed by atoms with E-state index in [1.54, 1.807) is 18.2 Å². The average Bonchev–Trinajstić information content (AvgIpc) is 2.88. The molecule has 0 spiro atoms. The van der Waals surface area contributed by atoms with Crippen LogP contribution in [0.3, 0.4) is 0 Å². The minimum atomic E-state index is -0.440. The molecule has 3 rings (SSSR count). The first-order valence-electron chi connectivity index (χ1n) is 6.72. The third-order valence-electron chi connectivity index (χ3n) is 3.22. The van der Waals surface area contributed by atoms with Crippen LogP contribution in [0.1, 0.15) is 5.56 Å². The Bertz CT molecular complexity index is 821. The molecular weight excluding hydrogens is 281 g/mol. The van der Waals surface area contributed by atoms with Crippen molar-refractivity contribution in [3.63, 3.8) is 0 Å². The summed E-state index contributed by atoms with van der Waals surface area (Å²) in [6.07, 6.45) is 0. The molecule has 0 radical (unpaired) electrons. The molecule has 0 amide bonds. The number of nitrogens with two attached hydrogens (primary N) is 1. The van der Waals surface area contributed by atoms with E-state index >= 15 is 0 Å². The molecule has 0 atom stereocenters. The third kappa shape index (κ3) is 2.71. The van der Waals surface area contributed by atoms with Crippen LogP contribution in [0.25, 0.3) is 11.3 Å². The number of anilines is 1. The Morgan fingerprint density at radius 1 is 1.05 bits per heavy atom. The third-order valence-corrected chi connectivity index (χ3v) is 3.22. The van der Waals surface area contributed by atoms with E-state index in [9.17, 15) is 4.39 Å². The SMILES string of the molecule is Cc1ccc(-c2[nH]nc(N)c2N=Nc2ccccc2F)cc1. The van der Waals surface area contributed by atoms with Crippen LogP contribution in [0.4, 0.5) is 21.6 Å². The standard InChI is InChI=1S/C16H14FN5/c1-10-6-8-11(9-7-10)14-15(16(18)22-20-14)21-19-13-5-3-2-4-12(13)17/h2-9H,1H3,(H3,18,20,22). The molecular formula is C16H14FN5. The number of H-pyrrole nitrogens is 1. The average molecular weight is 295 g/mol. The molecule has 22 heavy (non-hydrogen) atoms. The van der Waals surface area contributed by atoms with Crippen molar-refractivity contribution in [2.45, 2.75) is 6.92 Å². The Morgan fingerprint density at radius 3 is 2.50 bits per heavy atom. The molecule has 0 aliphatic carbocycles. The lowest BCUT2D eigenvalue weighted by molar-refractivity contribution is 0.628. The fourth-order valence-corrected chi connectivity index (χ4v) is 2.01. The van der Waals surface area contributed by atoms with Gasteiger partial charge in [-0.2, -0.15) is 5.10 Å². The van der Waals surface area contributed by atoms with E-state index < -0.39 is 5.82 Å². The summed E-state index contributed by atoms with van der Waals surface area (Å²) < 4.78 is 13.6. The molecule has 3 N–H and O–H groups in total. The maximum atomic E-state index is 13.6. The lowest BCUT2D eigenvalue weighted by atomic mass is 10.1. The minimum Gasteiger partial charge on any atom is -0.380 e. The van der Waals surface area contributed by atoms with Gasteiger partial charge in [0.2, 0.25) is 0 Å². The summed E-state index contributed by atoms with van der Waals surface area (Å²) in [5.74, 6) is -0.221. The Labute approximate surface area is 126 Å². The first kappa shape index (κ1) is 13.9. The molecule has 3 aromatic rings. The van der Waals surface area contributed by atoms with Gasteiger partial charge in [0.05, 0.1) is 5.69 Å². The Hall–Kier alpha value is -3.02. The molecule has 0 aliphatic rings. The number of aryl methyl sites for hydroxylation is 1. The second kappa shape index (κ2) is 5.77. The van der Waals surface area contributed by atoms with Crippen molar-refractivity contribution in [3.8, 4) is 11.3 Å². The van der Waals surface area contributed by atoms with Crippen molar-refractivity contribution in [1.82, 2.24) is 10.2 Å². The summed E-state index contributed by atoms with van der Waals surface area (Å²) in [5.41, 5.74) is 9.05. The van der Waals surface area contributed by atoms with Crippen LogP contribution in [0, 0.1) is 12.7 Å². The first-order valence-corrected chi connectivity index (χ1v) is 6.72. The second-order valence-electron chi connectivity index (χ2n) is 4.85. The number of halogens is 1. The Kier molecular flexibility index (Phi) is 3.65. The smallest absolute Gasteiger partial charge is 0.173 e. The molecule has 1 heterocycles. The van der Waals surface area contributed by atoms with Crippen molar-refractivity contribution in [1.29, 1.82) is 0 Å². The lowest BCUT2D eigenvalue weighted by Gasteiger charge is -2.00. The van der Waals surface area contributed by atoms with E-state index in [-0.39, 0.29) is 11.5 Å². The quantitative estimate of drug-likeness (QED) is 0.696. The fourth-order valence-electron chi connectivity index (χ4n) is 2.01. The Balaban J connectivity index is 2.00. The normalized spacial score (nSPS) is 11.2. The maximum Gasteiger partial charge on any atom is 0.173 e. The predicted octanol–water partition coefficient (Wildman–Crippen LogP) is 4.52. The monoisotopic (exact) mass is 295 g/mol. The number of nitrogens with zero attached hydrogens (tertiary/aromatic N) is 3. The second-order valence-corrected chi connectivity index (χ2v) is 4.85. The molecule has 6 heteroatoms. The molecule has 0 aliphatic heterocycles. The number of benzene rings is 2. The van der Waals surface area contributed by atoms with Crippen LogP contribution in [0.15, 0.2) is 58.8 Å². The molecule has 0 saturated carbocycles. The van der Waals surface area contributed by atoms with Gasteiger partial charge in [0.1, 0.15) is 5.69 Å². The summed E-state index contributed by atoms with van der Waals surface area (Å²) >= 11 is 0.